The molecule has 0 saturated heterocycles. The fourth-order valence-electron chi connectivity index (χ4n) is 1.81. The molecule has 1 saturated carbocycles. The second-order valence-electron chi connectivity index (χ2n) is 4.93. The summed E-state index contributed by atoms with van der Waals surface area (Å²) in [5.41, 5.74) is 5.36. The molecule has 5 heteroatoms. The van der Waals surface area contributed by atoms with Crippen LogP contribution < -0.4 is 5.73 Å². The average molecular weight is 225 g/mol. The van der Waals surface area contributed by atoms with Gasteiger partial charge in [-0.1, -0.05) is 12.1 Å². The van der Waals surface area contributed by atoms with E-state index in [0.29, 0.717) is 30.2 Å². The van der Waals surface area contributed by atoms with Crippen LogP contribution in [0.4, 0.5) is 0 Å². The SMILES string of the molecule is COCC(C)(N)c1noc(C(C)C2CC2)n1. The molecule has 5 nitrogen and oxygen atoms in total. The third-order valence-electron chi connectivity index (χ3n) is 3.12. The van der Waals surface area contributed by atoms with Crippen molar-refractivity contribution in [3.8, 4) is 0 Å². The van der Waals surface area contributed by atoms with Crippen molar-refractivity contribution in [2.45, 2.75) is 38.1 Å². The van der Waals surface area contributed by atoms with E-state index in [9.17, 15) is 0 Å². The highest BCUT2D eigenvalue weighted by Crippen LogP contribution is 2.41. The molecule has 1 heterocycles. The lowest BCUT2D eigenvalue weighted by Crippen LogP contribution is -2.39. The molecule has 0 amide bonds. The molecule has 2 rings (SSSR count). The number of rotatable bonds is 5. The van der Waals surface area contributed by atoms with Crippen molar-refractivity contribution in [2.24, 2.45) is 11.7 Å². The summed E-state index contributed by atoms with van der Waals surface area (Å²) >= 11 is 0. The molecule has 1 aliphatic carbocycles. The van der Waals surface area contributed by atoms with Gasteiger partial charge in [0, 0.05) is 13.0 Å². The lowest BCUT2D eigenvalue weighted by atomic mass is 10.0. The van der Waals surface area contributed by atoms with E-state index in [0.717, 1.165) is 0 Å². The van der Waals surface area contributed by atoms with Gasteiger partial charge in [-0.15, -0.1) is 0 Å². The first-order valence-electron chi connectivity index (χ1n) is 5.66. The van der Waals surface area contributed by atoms with Gasteiger partial charge in [0.2, 0.25) is 5.89 Å². The van der Waals surface area contributed by atoms with Crippen LogP contribution in [-0.2, 0) is 10.3 Å². The van der Waals surface area contributed by atoms with Crippen molar-refractivity contribution in [3.05, 3.63) is 11.7 Å². The quantitative estimate of drug-likeness (QED) is 0.820. The Kier molecular flexibility index (Phi) is 2.99. The Balaban J connectivity index is 2.11. The number of ether oxygens (including phenoxy) is 1. The van der Waals surface area contributed by atoms with Crippen LogP contribution in [-0.4, -0.2) is 23.9 Å². The number of nitrogens with zero attached hydrogens (tertiary/aromatic N) is 2. The summed E-state index contributed by atoms with van der Waals surface area (Å²) < 4.78 is 10.3. The van der Waals surface area contributed by atoms with Crippen molar-refractivity contribution in [3.63, 3.8) is 0 Å². The maximum absolute atomic E-state index is 6.04. The van der Waals surface area contributed by atoms with Crippen LogP contribution in [0, 0.1) is 5.92 Å². The zero-order valence-corrected chi connectivity index (χ0v) is 10.1. The van der Waals surface area contributed by atoms with Gasteiger partial charge in [0.25, 0.3) is 0 Å². The van der Waals surface area contributed by atoms with Crippen molar-refractivity contribution in [2.75, 3.05) is 13.7 Å². The molecule has 2 unspecified atom stereocenters. The number of hydrogen-bond donors (Lipinski definition) is 1. The average Bonchev–Trinajstić information content (AvgIpc) is 2.93. The Morgan fingerprint density at radius 2 is 2.31 bits per heavy atom. The Hall–Kier alpha value is -0.940. The van der Waals surface area contributed by atoms with Crippen LogP contribution in [0.1, 0.15) is 44.3 Å². The molecule has 2 N–H and O–H groups in total. The first-order valence-corrected chi connectivity index (χ1v) is 5.66. The van der Waals surface area contributed by atoms with Crippen molar-refractivity contribution in [1.82, 2.24) is 10.1 Å². The zero-order chi connectivity index (χ0) is 11.8. The molecule has 1 aliphatic rings. The minimum Gasteiger partial charge on any atom is -0.382 e. The zero-order valence-electron chi connectivity index (χ0n) is 10.1. The van der Waals surface area contributed by atoms with Gasteiger partial charge in [-0.05, 0) is 25.7 Å². The van der Waals surface area contributed by atoms with Gasteiger partial charge >= 0.3 is 0 Å². The second-order valence-corrected chi connectivity index (χ2v) is 4.93. The van der Waals surface area contributed by atoms with Gasteiger partial charge in [0.15, 0.2) is 5.82 Å². The summed E-state index contributed by atoms with van der Waals surface area (Å²) in [7, 11) is 1.61. The summed E-state index contributed by atoms with van der Waals surface area (Å²) in [6.45, 7) is 4.34. The maximum Gasteiger partial charge on any atom is 0.229 e. The van der Waals surface area contributed by atoms with Crippen molar-refractivity contribution < 1.29 is 9.26 Å². The van der Waals surface area contributed by atoms with Crippen LogP contribution in [0.5, 0.6) is 0 Å². The van der Waals surface area contributed by atoms with Crippen LogP contribution in [0.2, 0.25) is 0 Å². The van der Waals surface area contributed by atoms with Crippen LogP contribution in [0.3, 0.4) is 0 Å². The summed E-state index contributed by atoms with van der Waals surface area (Å²) in [5.74, 6) is 2.28. The monoisotopic (exact) mass is 225 g/mol. The van der Waals surface area contributed by atoms with Gasteiger partial charge in [0.1, 0.15) is 5.54 Å². The molecule has 1 aromatic rings. The fraction of sp³-hybridized carbons (Fsp3) is 0.818. The molecule has 1 aromatic heterocycles. The number of nitrogens with two attached hydrogens (primary N) is 1. The Morgan fingerprint density at radius 1 is 1.62 bits per heavy atom. The van der Waals surface area contributed by atoms with Crippen LogP contribution >= 0.6 is 0 Å². The van der Waals surface area contributed by atoms with Gasteiger partial charge in [-0.2, -0.15) is 4.98 Å². The van der Waals surface area contributed by atoms with Crippen molar-refractivity contribution >= 4 is 0 Å². The normalized spacial score (nSPS) is 21.8. The van der Waals surface area contributed by atoms with E-state index in [1.54, 1.807) is 7.11 Å². The highest BCUT2D eigenvalue weighted by atomic mass is 16.5. The van der Waals surface area contributed by atoms with E-state index in [2.05, 4.69) is 17.1 Å². The van der Waals surface area contributed by atoms with Crippen LogP contribution in [0.25, 0.3) is 0 Å². The molecular formula is C11H19N3O2. The first kappa shape index (κ1) is 11.5. The second kappa shape index (κ2) is 4.14. The lowest BCUT2D eigenvalue weighted by molar-refractivity contribution is 0.135. The number of methoxy groups -OCH3 is 1. The largest absolute Gasteiger partial charge is 0.382 e. The lowest BCUT2D eigenvalue weighted by Gasteiger charge is -2.18. The summed E-state index contributed by atoms with van der Waals surface area (Å²) in [4.78, 5) is 4.38. The van der Waals surface area contributed by atoms with Crippen molar-refractivity contribution in [1.29, 1.82) is 0 Å². The third-order valence-corrected chi connectivity index (χ3v) is 3.12. The molecular weight excluding hydrogens is 206 g/mol. The highest BCUT2D eigenvalue weighted by Gasteiger charge is 2.34. The van der Waals surface area contributed by atoms with Gasteiger partial charge < -0.3 is 15.0 Å². The number of aromatic nitrogens is 2. The predicted molar refractivity (Wildman–Crippen MR) is 58.9 cm³/mol. The predicted octanol–water partition coefficient (Wildman–Crippen LogP) is 1.40. The maximum atomic E-state index is 6.04. The van der Waals surface area contributed by atoms with Gasteiger partial charge in [0.05, 0.1) is 6.61 Å². The standard InChI is InChI=1S/C11H19N3O2/c1-7(8-4-5-8)9-13-10(14-16-9)11(2,12)6-15-3/h7-8H,4-6,12H2,1-3H3. The Morgan fingerprint density at radius 3 is 2.88 bits per heavy atom. The minimum atomic E-state index is -0.681. The van der Waals surface area contributed by atoms with E-state index < -0.39 is 5.54 Å². The first-order chi connectivity index (χ1) is 7.54. The molecule has 16 heavy (non-hydrogen) atoms. The molecule has 0 spiro atoms. The Labute approximate surface area is 95.3 Å². The summed E-state index contributed by atoms with van der Waals surface area (Å²) in [5, 5.41) is 3.95. The molecule has 0 radical (unpaired) electrons. The van der Waals surface area contributed by atoms with E-state index in [1.165, 1.54) is 12.8 Å². The van der Waals surface area contributed by atoms with E-state index in [-0.39, 0.29) is 0 Å². The smallest absolute Gasteiger partial charge is 0.229 e. The van der Waals surface area contributed by atoms with Crippen LogP contribution in [0.15, 0.2) is 4.52 Å². The van der Waals surface area contributed by atoms with Gasteiger partial charge in [-0.25, -0.2) is 0 Å². The molecule has 2 atom stereocenters. The van der Waals surface area contributed by atoms with E-state index in [1.807, 2.05) is 6.92 Å². The molecule has 0 bridgehead atoms. The van der Waals surface area contributed by atoms with E-state index >= 15 is 0 Å². The Bertz CT molecular complexity index is 358. The molecule has 90 valence electrons. The summed E-state index contributed by atoms with van der Waals surface area (Å²) in [6, 6.07) is 0. The minimum absolute atomic E-state index is 0.347. The third kappa shape index (κ3) is 2.25. The van der Waals surface area contributed by atoms with Gasteiger partial charge in [-0.3, -0.25) is 0 Å². The molecule has 0 aromatic carbocycles. The topological polar surface area (TPSA) is 74.2 Å². The molecule has 0 aliphatic heterocycles. The molecule has 1 fully saturated rings. The van der Waals surface area contributed by atoms with E-state index in [4.69, 9.17) is 15.0 Å². The highest BCUT2D eigenvalue weighted by molar-refractivity contribution is 5.05. The fourth-order valence-corrected chi connectivity index (χ4v) is 1.81. The summed E-state index contributed by atoms with van der Waals surface area (Å²) in [6.07, 6.45) is 2.52. The number of hydrogen-bond acceptors (Lipinski definition) is 5.